The zero-order valence-electron chi connectivity index (χ0n) is 12.6. The molecule has 22 heavy (non-hydrogen) atoms. The lowest BCUT2D eigenvalue weighted by Crippen LogP contribution is -2.45. The van der Waals surface area contributed by atoms with Gasteiger partial charge in [0.2, 0.25) is 0 Å². The molecule has 1 aromatic carbocycles. The van der Waals surface area contributed by atoms with Gasteiger partial charge in [0.1, 0.15) is 11.4 Å². The first-order valence-electron chi connectivity index (χ1n) is 7.93. The van der Waals surface area contributed by atoms with Crippen LogP contribution in [-0.4, -0.2) is 24.6 Å². The molecule has 3 heterocycles. The maximum absolute atomic E-state index is 13.0. The van der Waals surface area contributed by atoms with E-state index in [2.05, 4.69) is 16.3 Å². The fourth-order valence-electron chi connectivity index (χ4n) is 3.65. The van der Waals surface area contributed by atoms with Crippen molar-refractivity contribution in [2.45, 2.75) is 31.4 Å². The van der Waals surface area contributed by atoms with Crippen LogP contribution in [0.2, 0.25) is 0 Å². The van der Waals surface area contributed by atoms with Crippen molar-refractivity contribution in [3.05, 3.63) is 57.5 Å². The van der Waals surface area contributed by atoms with E-state index in [0.29, 0.717) is 0 Å². The summed E-state index contributed by atoms with van der Waals surface area (Å²) in [7, 11) is 0. The molecule has 0 N–H and O–H groups in total. The molecular formula is C18H20FNOS. The van der Waals surface area contributed by atoms with E-state index in [9.17, 15) is 4.39 Å². The Hall–Kier alpha value is -1.23. The molecule has 4 rings (SSSR count). The van der Waals surface area contributed by atoms with Crippen LogP contribution in [0.25, 0.3) is 0 Å². The Morgan fingerprint density at radius 2 is 1.91 bits per heavy atom. The summed E-state index contributed by atoms with van der Waals surface area (Å²) in [6, 6.07) is 9.11. The normalized spacial score (nSPS) is 21.0. The van der Waals surface area contributed by atoms with Crippen molar-refractivity contribution in [3.63, 3.8) is 0 Å². The summed E-state index contributed by atoms with van der Waals surface area (Å²) >= 11 is 1.85. The average Bonchev–Trinajstić information content (AvgIpc) is 3.02. The van der Waals surface area contributed by atoms with E-state index in [-0.39, 0.29) is 11.4 Å². The first-order valence-corrected chi connectivity index (χ1v) is 8.81. The molecule has 2 aliphatic heterocycles. The first kappa shape index (κ1) is 14.4. The van der Waals surface area contributed by atoms with Gasteiger partial charge in [-0.15, -0.1) is 11.3 Å². The lowest BCUT2D eigenvalue weighted by molar-refractivity contribution is -0.0960. The zero-order valence-corrected chi connectivity index (χ0v) is 13.4. The minimum atomic E-state index is -0.165. The van der Waals surface area contributed by atoms with Crippen molar-refractivity contribution < 1.29 is 9.13 Å². The Kier molecular flexibility index (Phi) is 3.76. The number of ether oxygens (including phenoxy) is 1. The molecule has 0 amide bonds. The molecule has 1 saturated heterocycles. The minimum Gasteiger partial charge on any atom is -0.369 e. The summed E-state index contributed by atoms with van der Waals surface area (Å²) in [6.45, 7) is 3.82. The smallest absolute Gasteiger partial charge is 0.123 e. The summed E-state index contributed by atoms with van der Waals surface area (Å²) in [5.74, 6) is -0.165. The molecule has 0 radical (unpaired) electrons. The SMILES string of the molecule is Fc1ccc(CN2CCC3(CC2)OCCc2ccsc23)cc1. The monoisotopic (exact) mass is 317 g/mol. The highest BCUT2D eigenvalue weighted by Gasteiger charge is 2.41. The lowest BCUT2D eigenvalue weighted by Gasteiger charge is -2.43. The molecule has 1 spiro atoms. The maximum atomic E-state index is 13.0. The molecule has 1 aromatic heterocycles. The van der Waals surface area contributed by atoms with E-state index in [0.717, 1.165) is 45.5 Å². The number of nitrogens with zero attached hydrogens (tertiary/aromatic N) is 1. The fourth-order valence-corrected chi connectivity index (χ4v) is 4.81. The van der Waals surface area contributed by atoms with Crippen LogP contribution < -0.4 is 0 Å². The topological polar surface area (TPSA) is 12.5 Å². The van der Waals surface area contributed by atoms with Crippen molar-refractivity contribution in [3.8, 4) is 0 Å². The van der Waals surface area contributed by atoms with Crippen molar-refractivity contribution >= 4 is 11.3 Å². The highest BCUT2D eigenvalue weighted by Crippen LogP contribution is 2.44. The van der Waals surface area contributed by atoms with Crippen LogP contribution in [0.1, 0.15) is 28.8 Å². The second kappa shape index (κ2) is 5.76. The van der Waals surface area contributed by atoms with Gasteiger partial charge in [-0.2, -0.15) is 0 Å². The van der Waals surface area contributed by atoms with Crippen LogP contribution in [0, 0.1) is 5.82 Å². The Labute approximate surface area is 134 Å². The molecule has 2 aromatic rings. The van der Waals surface area contributed by atoms with Crippen LogP contribution in [0.3, 0.4) is 0 Å². The predicted molar refractivity (Wildman–Crippen MR) is 86.6 cm³/mol. The van der Waals surface area contributed by atoms with Gasteiger partial charge in [-0.05, 0) is 54.0 Å². The van der Waals surface area contributed by atoms with Gasteiger partial charge in [0.15, 0.2) is 0 Å². The van der Waals surface area contributed by atoms with Crippen molar-refractivity contribution in [1.29, 1.82) is 0 Å². The summed E-state index contributed by atoms with van der Waals surface area (Å²) in [4.78, 5) is 3.91. The number of piperidine rings is 1. The first-order chi connectivity index (χ1) is 10.8. The van der Waals surface area contributed by atoms with E-state index < -0.39 is 0 Å². The fraction of sp³-hybridized carbons (Fsp3) is 0.444. The summed E-state index contributed by atoms with van der Waals surface area (Å²) in [5.41, 5.74) is 2.63. The number of thiophene rings is 1. The predicted octanol–water partition coefficient (Wildman–Crippen LogP) is 3.95. The van der Waals surface area contributed by atoms with Gasteiger partial charge in [-0.25, -0.2) is 4.39 Å². The molecule has 2 aliphatic rings. The van der Waals surface area contributed by atoms with Crippen LogP contribution in [-0.2, 0) is 23.3 Å². The minimum absolute atomic E-state index is 0.0406. The van der Waals surface area contributed by atoms with E-state index in [1.165, 1.54) is 16.0 Å². The molecule has 0 aliphatic carbocycles. The van der Waals surface area contributed by atoms with E-state index in [1.807, 2.05) is 23.5 Å². The van der Waals surface area contributed by atoms with Gasteiger partial charge >= 0.3 is 0 Å². The number of fused-ring (bicyclic) bond motifs is 2. The second-order valence-corrected chi connectivity index (χ2v) is 7.19. The molecule has 4 heteroatoms. The third-order valence-corrected chi connectivity index (χ3v) is 6.04. The summed E-state index contributed by atoms with van der Waals surface area (Å²) < 4.78 is 19.2. The van der Waals surface area contributed by atoms with Crippen molar-refractivity contribution in [2.24, 2.45) is 0 Å². The van der Waals surface area contributed by atoms with Gasteiger partial charge < -0.3 is 4.74 Å². The van der Waals surface area contributed by atoms with Gasteiger partial charge in [0.25, 0.3) is 0 Å². The lowest BCUT2D eigenvalue weighted by atomic mass is 9.85. The maximum Gasteiger partial charge on any atom is 0.123 e. The molecule has 116 valence electrons. The van der Waals surface area contributed by atoms with Crippen molar-refractivity contribution in [1.82, 2.24) is 4.90 Å². The van der Waals surface area contributed by atoms with E-state index in [1.54, 1.807) is 12.1 Å². The highest BCUT2D eigenvalue weighted by molar-refractivity contribution is 7.10. The largest absolute Gasteiger partial charge is 0.369 e. The van der Waals surface area contributed by atoms with Crippen LogP contribution >= 0.6 is 11.3 Å². The second-order valence-electron chi connectivity index (χ2n) is 6.27. The van der Waals surface area contributed by atoms with Crippen LogP contribution in [0.4, 0.5) is 4.39 Å². The van der Waals surface area contributed by atoms with Crippen LogP contribution in [0.5, 0.6) is 0 Å². The Morgan fingerprint density at radius 1 is 1.14 bits per heavy atom. The quantitative estimate of drug-likeness (QED) is 0.831. The highest BCUT2D eigenvalue weighted by atomic mass is 32.1. The molecule has 1 fully saturated rings. The van der Waals surface area contributed by atoms with Gasteiger partial charge in [0.05, 0.1) is 6.61 Å². The van der Waals surface area contributed by atoms with Gasteiger partial charge in [-0.3, -0.25) is 4.90 Å². The number of likely N-dealkylation sites (tertiary alicyclic amines) is 1. The van der Waals surface area contributed by atoms with Crippen molar-refractivity contribution in [2.75, 3.05) is 19.7 Å². The number of hydrogen-bond donors (Lipinski definition) is 0. The summed E-state index contributed by atoms with van der Waals surface area (Å²) in [5, 5.41) is 2.20. The number of halogens is 1. The van der Waals surface area contributed by atoms with E-state index >= 15 is 0 Å². The number of benzene rings is 1. The third-order valence-electron chi connectivity index (χ3n) is 4.89. The number of rotatable bonds is 2. The van der Waals surface area contributed by atoms with Crippen LogP contribution in [0.15, 0.2) is 35.7 Å². The average molecular weight is 317 g/mol. The molecular weight excluding hydrogens is 297 g/mol. The molecule has 2 nitrogen and oxygen atoms in total. The summed E-state index contributed by atoms with van der Waals surface area (Å²) in [6.07, 6.45) is 3.17. The third kappa shape index (κ3) is 2.60. The standard InChI is InChI=1S/C18H20FNOS/c19-16-3-1-14(2-4-16)13-20-9-7-18(8-10-20)17-15(5-11-21-18)6-12-22-17/h1-4,6,12H,5,7-11,13H2. The van der Waals surface area contributed by atoms with Gasteiger partial charge in [-0.1, -0.05) is 12.1 Å². The Bertz CT molecular complexity index is 643. The Balaban J connectivity index is 1.44. The molecule has 0 unspecified atom stereocenters. The molecule has 0 atom stereocenters. The molecule has 0 bridgehead atoms. The number of hydrogen-bond acceptors (Lipinski definition) is 3. The Morgan fingerprint density at radius 3 is 2.68 bits per heavy atom. The molecule has 0 saturated carbocycles. The zero-order chi connectivity index (χ0) is 15.0. The van der Waals surface area contributed by atoms with E-state index in [4.69, 9.17) is 4.74 Å². The van der Waals surface area contributed by atoms with Gasteiger partial charge in [0, 0.05) is 24.5 Å².